The number of hydrogen-bond acceptors (Lipinski definition) is 8. The van der Waals surface area contributed by atoms with Gasteiger partial charge in [-0.25, -0.2) is 9.07 Å². The minimum atomic E-state index is -0.725. The Hall–Kier alpha value is -4.21. The van der Waals surface area contributed by atoms with Gasteiger partial charge in [0, 0.05) is 37.2 Å². The molecule has 1 aliphatic rings. The standard InChI is InChI=1S/C26H29FN8O3/c1-15(11-28)37-25-17-5-6-22-19-9-18(21(27)10-23(19)31-30-22)20-12-29-34(4)26(20)38-16(2)13-33(3)14-24(17)35(32-25)7-8-36/h5-6,9-10,12,15-16,36H,7-8,13-14H2,1-4H3,(H,30,31)/b6-5+/t15-,16-/m0/s1. The SMILES string of the molecule is C[C@@H](C#N)Oc1nn(CCO)c2c1/C=C/c1n[nH]c3cc(F)c(cc13)-c1cnn(C)c1O[C@@H](C)CN(C)C2. The molecule has 0 radical (unpaired) electrons. The lowest BCUT2D eigenvalue weighted by molar-refractivity contribution is 0.146. The summed E-state index contributed by atoms with van der Waals surface area (Å²) in [6.07, 6.45) is 4.24. The number of ether oxygens (including phenoxy) is 2. The summed E-state index contributed by atoms with van der Waals surface area (Å²) < 4.78 is 30.7. The Morgan fingerprint density at radius 2 is 2.13 bits per heavy atom. The van der Waals surface area contributed by atoms with Gasteiger partial charge in [0.15, 0.2) is 6.10 Å². The Balaban J connectivity index is 1.71. The van der Waals surface area contributed by atoms with Crippen molar-refractivity contribution in [3.05, 3.63) is 41.1 Å². The number of aliphatic hydroxyl groups excluding tert-OH is 1. The average Bonchev–Trinajstić information content (AvgIpc) is 3.53. The summed E-state index contributed by atoms with van der Waals surface area (Å²) in [4.78, 5) is 2.06. The number of nitriles is 1. The number of benzene rings is 1. The quantitative estimate of drug-likeness (QED) is 0.420. The fourth-order valence-corrected chi connectivity index (χ4v) is 4.67. The maximum absolute atomic E-state index is 15.3. The van der Waals surface area contributed by atoms with E-state index in [-0.39, 0.29) is 25.1 Å². The van der Waals surface area contributed by atoms with E-state index in [1.807, 2.05) is 20.0 Å². The molecular weight excluding hydrogens is 491 g/mol. The molecule has 2 bridgehead atoms. The van der Waals surface area contributed by atoms with E-state index in [1.165, 1.54) is 6.07 Å². The van der Waals surface area contributed by atoms with Crippen LogP contribution in [0.4, 0.5) is 4.39 Å². The predicted molar refractivity (Wildman–Crippen MR) is 139 cm³/mol. The number of fused-ring (bicyclic) bond motifs is 4. The lowest BCUT2D eigenvalue weighted by Gasteiger charge is -2.23. The average molecular weight is 521 g/mol. The molecule has 0 unspecified atom stereocenters. The molecule has 0 amide bonds. The topological polar surface area (TPSA) is 130 Å². The van der Waals surface area contributed by atoms with Crippen LogP contribution in [0.2, 0.25) is 0 Å². The van der Waals surface area contributed by atoms with E-state index in [2.05, 4.69) is 31.4 Å². The number of rotatable bonds is 4. The van der Waals surface area contributed by atoms with Crippen molar-refractivity contribution in [2.75, 3.05) is 20.2 Å². The van der Waals surface area contributed by atoms with E-state index in [4.69, 9.17) is 9.47 Å². The minimum absolute atomic E-state index is 0.115. The highest BCUT2D eigenvalue weighted by Gasteiger charge is 2.24. The predicted octanol–water partition coefficient (Wildman–Crippen LogP) is 2.97. The summed E-state index contributed by atoms with van der Waals surface area (Å²) in [6, 6.07) is 5.21. The second kappa shape index (κ2) is 10.3. The molecule has 0 saturated heterocycles. The first-order valence-corrected chi connectivity index (χ1v) is 12.3. The van der Waals surface area contributed by atoms with Crippen LogP contribution < -0.4 is 9.47 Å². The fourth-order valence-electron chi connectivity index (χ4n) is 4.67. The van der Waals surface area contributed by atoms with Gasteiger partial charge < -0.3 is 14.6 Å². The number of likely N-dealkylation sites (N-methyl/N-ethyl adjacent to an activating group) is 1. The molecule has 0 fully saturated rings. The number of aromatic amines is 1. The molecule has 0 saturated carbocycles. The Morgan fingerprint density at radius 1 is 1.32 bits per heavy atom. The van der Waals surface area contributed by atoms with Crippen molar-refractivity contribution in [3.63, 3.8) is 0 Å². The van der Waals surface area contributed by atoms with Crippen LogP contribution >= 0.6 is 0 Å². The molecule has 0 aliphatic carbocycles. The number of hydrogen-bond donors (Lipinski definition) is 2. The van der Waals surface area contributed by atoms with Crippen LogP contribution in [0.3, 0.4) is 0 Å². The smallest absolute Gasteiger partial charge is 0.241 e. The number of nitrogens with one attached hydrogen (secondary N) is 1. The molecule has 1 aliphatic heterocycles. The maximum Gasteiger partial charge on any atom is 0.241 e. The van der Waals surface area contributed by atoms with Crippen LogP contribution in [0.1, 0.15) is 30.8 Å². The van der Waals surface area contributed by atoms with Crippen LogP contribution in [0.15, 0.2) is 18.3 Å². The Labute approximate surface area is 218 Å². The molecule has 2 N–H and O–H groups in total. The van der Waals surface area contributed by atoms with E-state index in [9.17, 15) is 10.4 Å². The van der Waals surface area contributed by atoms with Crippen LogP contribution in [-0.4, -0.2) is 72.2 Å². The van der Waals surface area contributed by atoms with Crippen molar-refractivity contribution in [1.29, 1.82) is 5.26 Å². The lowest BCUT2D eigenvalue weighted by Crippen LogP contribution is -2.32. The molecule has 11 nitrogen and oxygen atoms in total. The normalized spacial score (nSPS) is 17.7. The monoisotopic (exact) mass is 520 g/mol. The number of aryl methyl sites for hydroxylation is 1. The van der Waals surface area contributed by atoms with Gasteiger partial charge >= 0.3 is 0 Å². The Morgan fingerprint density at radius 3 is 2.89 bits per heavy atom. The minimum Gasteiger partial charge on any atom is -0.473 e. The van der Waals surface area contributed by atoms with E-state index in [0.717, 1.165) is 5.69 Å². The van der Waals surface area contributed by atoms with Gasteiger partial charge in [0.25, 0.3) is 0 Å². The van der Waals surface area contributed by atoms with Gasteiger partial charge in [-0.3, -0.25) is 14.7 Å². The number of nitrogens with zero attached hydrogens (tertiary/aromatic N) is 7. The van der Waals surface area contributed by atoms with Crippen LogP contribution in [0.5, 0.6) is 11.8 Å². The van der Waals surface area contributed by atoms with Crippen molar-refractivity contribution in [3.8, 4) is 29.0 Å². The number of H-pyrrole nitrogens is 1. The number of halogens is 1. The van der Waals surface area contributed by atoms with E-state index in [1.54, 1.807) is 41.7 Å². The number of aromatic nitrogens is 6. The van der Waals surface area contributed by atoms with Gasteiger partial charge in [0.2, 0.25) is 11.8 Å². The molecule has 4 aromatic rings. The van der Waals surface area contributed by atoms with Gasteiger partial charge in [-0.05, 0) is 39.1 Å². The van der Waals surface area contributed by atoms with Crippen LogP contribution in [0.25, 0.3) is 34.2 Å². The summed E-state index contributed by atoms with van der Waals surface area (Å²) in [5.41, 5.74) is 3.50. The zero-order valence-corrected chi connectivity index (χ0v) is 21.6. The van der Waals surface area contributed by atoms with Gasteiger partial charge in [-0.1, -0.05) is 0 Å². The molecule has 198 valence electrons. The molecule has 2 atom stereocenters. The van der Waals surface area contributed by atoms with Gasteiger partial charge in [0.1, 0.15) is 18.0 Å². The van der Waals surface area contributed by atoms with Crippen molar-refractivity contribution in [1.82, 2.24) is 34.7 Å². The molecule has 38 heavy (non-hydrogen) atoms. The lowest BCUT2D eigenvalue weighted by atomic mass is 10.0. The summed E-state index contributed by atoms with van der Waals surface area (Å²) >= 11 is 0. The highest BCUT2D eigenvalue weighted by Crippen LogP contribution is 2.36. The third-order valence-electron chi connectivity index (χ3n) is 6.41. The first kappa shape index (κ1) is 25.4. The Bertz CT molecular complexity index is 1550. The molecule has 5 rings (SSSR count). The van der Waals surface area contributed by atoms with Crippen LogP contribution in [-0.2, 0) is 20.1 Å². The largest absolute Gasteiger partial charge is 0.473 e. The van der Waals surface area contributed by atoms with Crippen molar-refractivity contribution < 1.29 is 19.0 Å². The van der Waals surface area contributed by atoms with Crippen molar-refractivity contribution in [2.45, 2.75) is 39.1 Å². The number of aliphatic hydroxyl groups is 1. The highest BCUT2D eigenvalue weighted by atomic mass is 19.1. The van der Waals surface area contributed by atoms with Gasteiger partial charge in [-0.15, -0.1) is 5.10 Å². The van der Waals surface area contributed by atoms with E-state index >= 15 is 4.39 Å². The first-order valence-electron chi connectivity index (χ1n) is 12.3. The molecule has 12 heteroatoms. The van der Waals surface area contributed by atoms with E-state index < -0.39 is 11.9 Å². The molecule has 4 heterocycles. The van der Waals surface area contributed by atoms with Crippen LogP contribution in [0, 0.1) is 17.1 Å². The third kappa shape index (κ3) is 4.73. The Kier molecular flexibility index (Phi) is 6.88. The third-order valence-corrected chi connectivity index (χ3v) is 6.41. The second-order valence-electron chi connectivity index (χ2n) is 9.43. The summed E-state index contributed by atoms with van der Waals surface area (Å²) in [7, 11) is 3.71. The molecule has 0 spiro atoms. The highest BCUT2D eigenvalue weighted by molar-refractivity contribution is 5.93. The maximum atomic E-state index is 15.3. The molecule has 1 aromatic carbocycles. The fraction of sp³-hybridized carbons (Fsp3) is 0.385. The molecular formula is C26H29FN8O3. The zero-order chi connectivity index (χ0) is 27.0. The van der Waals surface area contributed by atoms with Gasteiger partial charge in [-0.2, -0.15) is 15.5 Å². The van der Waals surface area contributed by atoms with E-state index in [0.29, 0.717) is 52.3 Å². The van der Waals surface area contributed by atoms with Crippen molar-refractivity contribution in [2.24, 2.45) is 7.05 Å². The first-order chi connectivity index (χ1) is 18.3. The summed E-state index contributed by atoms with van der Waals surface area (Å²) in [6.45, 7) is 4.72. The van der Waals surface area contributed by atoms with Gasteiger partial charge in [0.05, 0.1) is 47.4 Å². The summed E-state index contributed by atoms with van der Waals surface area (Å²) in [5, 5.41) is 35.9. The van der Waals surface area contributed by atoms with Crippen molar-refractivity contribution >= 4 is 23.1 Å². The zero-order valence-electron chi connectivity index (χ0n) is 21.6. The molecule has 3 aromatic heterocycles. The summed E-state index contributed by atoms with van der Waals surface area (Å²) in [5.74, 6) is 0.329. The second-order valence-corrected chi connectivity index (χ2v) is 9.43.